The average molecular weight is 228 g/mol. The summed E-state index contributed by atoms with van der Waals surface area (Å²) in [5.74, 6) is 0.881. The number of fused-ring (bicyclic) bond motifs is 1. The van der Waals surface area contributed by atoms with Crippen LogP contribution in [0.1, 0.15) is 37.8 Å². The molecule has 1 heterocycles. The third kappa shape index (κ3) is 1.87. The molecule has 1 unspecified atom stereocenters. The van der Waals surface area contributed by atoms with E-state index in [-0.39, 0.29) is 6.04 Å². The van der Waals surface area contributed by atoms with Gasteiger partial charge in [-0.25, -0.2) is 0 Å². The smallest absolute Gasteiger partial charge is 0.0528 e. The first-order valence-corrected chi connectivity index (χ1v) is 6.59. The number of nitrogens with two attached hydrogens (primary N) is 1. The average Bonchev–Trinajstić information content (AvgIpc) is 2.66. The normalized spacial score (nSPS) is 18.2. The van der Waals surface area contributed by atoms with Gasteiger partial charge in [-0.15, -0.1) is 0 Å². The molecule has 2 heteroatoms. The monoisotopic (exact) mass is 228 g/mol. The minimum atomic E-state index is 0.105. The second kappa shape index (κ2) is 4.19. The van der Waals surface area contributed by atoms with E-state index < -0.39 is 0 Å². The molecule has 0 radical (unpaired) electrons. The lowest BCUT2D eigenvalue weighted by molar-refractivity contribution is 0.279. The van der Waals surface area contributed by atoms with Gasteiger partial charge < -0.3 is 10.3 Å². The molecular formula is C15H20N2. The van der Waals surface area contributed by atoms with Gasteiger partial charge in [-0.1, -0.05) is 24.6 Å². The summed E-state index contributed by atoms with van der Waals surface area (Å²) in [6, 6.07) is 8.76. The number of nitrogens with zero attached hydrogens (tertiary/aromatic N) is 1. The van der Waals surface area contributed by atoms with Crippen LogP contribution in [-0.2, 0) is 6.54 Å². The van der Waals surface area contributed by atoms with E-state index in [2.05, 4.69) is 42.0 Å². The van der Waals surface area contributed by atoms with E-state index in [4.69, 9.17) is 5.73 Å². The molecule has 0 spiro atoms. The van der Waals surface area contributed by atoms with E-state index in [1.807, 2.05) is 0 Å². The van der Waals surface area contributed by atoms with Crippen molar-refractivity contribution in [1.29, 1.82) is 0 Å². The quantitative estimate of drug-likeness (QED) is 0.857. The molecule has 1 atom stereocenters. The molecule has 1 aliphatic carbocycles. The Labute approximate surface area is 102 Å². The van der Waals surface area contributed by atoms with Crippen molar-refractivity contribution in [2.45, 2.75) is 38.8 Å². The van der Waals surface area contributed by atoms with E-state index in [9.17, 15) is 0 Å². The number of para-hydroxylation sites is 1. The Hall–Kier alpha value is -1.28. The standard InChI is InChI=1S/C15H20N2/c1-11(16)14-7-3-6-13-8-9-17(15(13)14)10-12-4-2-5-12/h3,6-9,11-12H,2,4-5,10,16H2,1H3. The molecule has 0 saturated heterocycles. The molecule has 2 N–H and O–H groups in total. The van der Waals surface area contributed by atoms with Crippen LogP contribution in [0.25, 0.3) is 10.9 Å². The molecule has 2 nitrogen and oxygen atoms in total. The SMILES string of the molecule is CC(N)c1cccc2ccn(CC3CCC3)c12. The molecule has 0 bridgehead atoms. The van der Waals surface area contributed by atoms with Gasteiger partial charge in [0.1, 0.15) is 0 Å². The van der Waals surface area contributed by atoms with E-state index in [1.54, 1.807) is 0 Å². The van der Waals surface area contributed by atoms with E-state index in [0.717, 1.165) is 12.5 Å². The lowest BCUT2D eigenvalue weighted by Gasteiger charge is -2.26. The van der Waals surface area contributed by atoms with Crippen LogP contribution in [0.3, 0.4) is 0 Å². The van der Waals surface area contributed by atoms with Crippen LogP contribution in [0.4, 0.5) is 0 Å². The van der Waals surface area contributed by atoms with Crippen LogP contribution < -0.4 is 5.73 Å². The Bertz CT molecular complexity index is 521. The van der Waals surface area contributed by atoms with Gasteiger partial charge in [0.05, 0.1) is 5.52 Å². The maximum absolute atomic E-state index is 6.07. The summed E-state index contributed by atoms with van der Waals surface area (Å²) in [6.07, 6.45) is 6.40. The van der Waals surface area contributed by atoms with Gasteiger partial charge in [0, 0.05) is 18.8 Å². The summed E-state index contributed by atoms with van der Waals surface area (Å²) >= 11 is 0. The van der Waals surface area contributed by atoms with Crippen molar-refractivity contribution in [1.82, 2.24) is 4.57 Å². The summed E-state index contributed by atoms with van der Waals surface area (Å²) in [5, 5.41) is 1.32. The number of hydrogen-bond donors (Lipinski definition) is 1. The minimum Gasteiger partial charge on any atom is -0.347 e. The second-order valence-electron chi connectivity index (χ2n) is 5.34. The maximum Gasteiger partial charge on any atom is 0.0528 e. The van der Waals surface area contributed by atoms with Crippen molar-refractivity contribution in [3.63, 3.8) is 0 Å². The Kier molecular flexibility index (Phi) is 2.67. The van der Waals surface area contributed by atoms with E-state index in [1.165, 1.54) is 35.7 Å². The number of benzene rings is 1. The lowest BCUT2D eigenvalue weighted by atomic mass is 9.85. The maximum atomic E-state index is 6.07. The molecule has 17 heavy (non-hydrogen) atoms. The van der Waals surface area contributed by atoms with Gasteiger partial charge in [-0.3, -0.25) is 0 Å². The van der Waals surface area contributed by atoms with Crippen LogP contribution in [-0.4, -0.2) is 4.57 Å². The Morgan fingerprint density at radius 1 is 1.35 bits per heavy atom. The predicted octanol–water partition coefficient (Wildman–Crippen LogP) is 3.46. The highest BCUT2D eigenvalue weighted by Crippen LogP contribution is 2.31. The van der Waals surface area contributed by atoms with E-state index >= 15 is 0 Å². The van der Waals surface area contributed by atoms with Crippen molar-refractivity contribution in [2.75, 3.05) is 0 Å². The highest BCUT2D eigenvalue weighted by Gasteiger charge is 2.19. The molecule has 1 aromatic carbocycles. The first-order chi connectivity index (χ1) is 8.25. The first kappa shape index (κ1) is 10.8. The van der Waals surface area contributed by atoms with Crippen molar-refractivity contribution in [2.24, 2.45) is 11.7 Å². The van der Waals surface area contributed by atoms with Gasteiger partial charge >= 0.3 is 0 Å². The molecule has 2 aromatic rings. The lowest BCUT2D eigenvalue weighted by Crippen LogP contribution is -2.18. The Morgan fingerprint density at radius 2 is 2.18 bits per heavy atom. The number of aromatic nitrogens is 1. The topological polar surface area (TPSA) is 30.9 Å². The molecule has 0 aliphatic heterocycles. The fraction of sp³-hybridized carbons (Fsp3) is 0.467. The van der Waals surface area contributed by atoms with Crippen molar-refractivity contribution >= 4 is 10.9 Å². The molecule has 90 valence electrons. The zero-order valence-electron chi connectivity index (χ0n) is 10.4. The largest absolute Gasteiger partial charge is 0.347 e. The summed E-state index contributed by atoms with van der Waals surface area (Å²) in [5.41, 5.74) is 8.68. The molecular weight excluding hydrogens is 208 g/mol. The zero-order chi connectivity index (χ0) is 11.8. The molecule has 1 fully saturated rings. The van der Waals surface area contributed by atoms with E-state index in [0.29, 0.717) is 0 Å². The summed E-state index contributed by atoms with van der Waals surface area (Å²) in [4.78, 5) is 0. The first-order valence-electron chi connectivity index (χ1n) is 6.59. The Morgan fingerprint density at radius 3 is 2.82 bits per heavy atom. The second-order valence-corrected chi connectivity index (χ2v) is 5.34. The minimum absolute atomic E-state index is 0.105. The third-order valence-electron chi connectivity index (χ3n) is 3.99. The summed E-state index contributed by atoms with van der Waals surface area (Å²) in [7, 11) is 0. The predicted molar refractivity (Wildman–Crippen MR) is 71.9 cm³/mol. The number of hydrogen-bond acceptors (Lipinski definition) is 1. The summed E-state index contributed by atoms with van der Waals surface area (Å²) < 4.78 is 2.40. The highest BCUT2D eigenvalue weighted by atomic mass is 15.0. The van der Waals surface area contributed by atoms with Crippen molar-refractivity contribution in [3.8, 4) is 0 Å². The Balaban J connectivity index is 2.05. The molecule has 1 saturated carbocycles. The molecule has 1 aromatic heterocycles. The van der Waals surface area contributed by atoms with Crippen LogP contribution >= 0.6 is 0 Å². The third-order valence-corrected chi connectivity index (χ3v) is 3.99. The molecule has 3 rings (SSSR count). The fourth-order valence-corrected chi connectivity index (χ4v) is 2.76. The van der Waals surface area contributed by atoms with Gasteiger partial charge in [-0.2, -0.15) is 0 Å². The van der Waals surface area contributed by atoms with Crippen LogP contribution in [0.5, 0.6) is 0 Å². The number of rotatable bonds is 3. The molecule has 0 amide bonds. The van der Waals surface area contributed by atoms with Crippen LogP contribution in [0.15, 0.2) is 30.5 Å². The highest BCUT2D eigenvalue weighted by molar-refractivity contribution is 5.83. The van der Waals surface area contributed by atoms with Crippen LogP contribution in [0.2, 0.25) is 0 Å². The van der Waals surface area contributed by atoms with Crippen LogP contribution in [0, 0.1) is 5.92 Å². The molecule has 1 aliphatic rings. The van der Waals surface area contributed by atoms with Gasteiger partial charge in [0.25, 0.3) is 0 Å². The fourth-order valence-electron chi connectivity index (χ4n) is 2.76. The zero-order valence-corrected chi connectivity index (χ0v) is 10.4. The van der Waals surface area contributed by atoms with Gasteiger partial charge in [-0.05, 0) is 42.7 Å². The van der Waals surface area contributed by atoms with Gasteiger partial charge in [0.2, 0.25) is 0 Å². The summed E-state index contributed by atoms with van der Waals surface area (Å²) in [6.45, 7) is 3.22. The van der Waals surface area contributed by atoms with Crippen molar-refractivity contribution < 1.29 is 0 Å². The van der Waals surface area contributed by atoms with Crippen molar-refractivity contribution in [3.05, 3.63) is 36.0 Å². The van der Waals surface area contributed by atoms with Gasteiger partial charge in [0.15, 0.2) is 0 Å².